The van der Waals surface area contributed by atoms with Crippen LogP contribution in [0.25, 0.3) is 11.3 Å². The fourth-order valence-corrected chi connectivity index (χ4v) is 2.92. The lowest BCUT2D eigenvalue weighted by molar-refractivity contribution is -0.143. The van der Waals surface area contributed by atoms with E-state index in [1.165, 1.54) is 12.1 Å². The third-order valence-corrected chi connectivity index (χ3v) is 4.47. The molecule has 1 aromatic carbocycles. The molecule has 0 aliphatic carbocycles. The van der Waals surface area contributed by atoms with E-state index in [4.69, 9.17) is 0 Å². The molecule has 0 radical (unpaired) electrons. The summed E-state index contributed by atoms with van der Waals surface area (Å²) < 4.78 is 78.7. The van der Waals surface area contributed by atoms with Crippen molar-refractivity contribution in [1.82, 2.24) is 14.8 Å². The molecule has 0 atom stereocenters. The SMILES string of the molecule is O=C(CCCn1nc(-c2cccnc2)ccc1=O)Nc1cc(C(F)(F)F)cc(C(F)(F)F)c1. The number of carbonyl (C=O) groups is 1. The van der Waals surface area contributed by atoms with Crippen LogP contribution in [0.1, 0.15) is 24.0 Å². The smallest absolute Gasteiger partial charge is 0.326 e. The summed E-state index contributed by atoms with van der Waals surface area (Å²) >= 11 is 0. The molecule has 0 aliphatic heterocycles. The van der Waals surface area contributed by atoms with Crippen LogP contribution in [0.15, 0.2) is 59.7 Å². The van der Waals surface area contributed by atoms with Gasteiger partial charge in [0.25, 0.3) is 5.56 Å². The third kappa shape index (κ3) is 6.40. The summed E-state index contributed by atoms with van der Waals surface area (Å²) in [5, 5.41) is 6.23. The van der Waals surface area contributed by atoms with E-state index < -0.39 is 40.6 Å². The lowest BCUT2D eigenvalue weighted by atomic mass is 10.1. The van der Waals surface area contributed by atoms with Crippen molar-refractivity contribution in [2.75, 3.05) is 5.32 Å². The molecule has 174 valence electrons. The van der Waals surface area contributed by atoms with Crippen molar-refractivity contribution in [3.63, 3.8) is 0 Å². The molecule has 0 saturated heterocycles. The normalized spacial score (nSPS) is 11.9. The van der Waals surface area contributed by atoms with Gasteiger partial charge < -0.3 is 5.32 Å². The minimum absolute atomic E-state index is 0.0107. The number of aryl methyl sites for hydroxylation is 1. The predicted molar refractivity (Wildman–Crippen MR) is 106 cm³/mol. The van der Waals surface area contributed by atoms with Gasteiger partial charge in [0.1, 0.15) is 0 Å². The monoisotopic (exact) mass is 470 g/mol. The molecule has 2 heterocycles. The lowest BCUT2D eigenvalue weighted by Crippen LogP contribution is -2.23. The zero-order valence-corrected chi connectivity index (χ0v) is 16.7. The molecule has 0 fully saturated rings. The Hall–Kier alpha value is -3.70. The van der Waals surface area contributed by atoms with Gasteiger partial charge >= 0.3 is 12.4 Å². The Kier molecular flexibility index (Phi) is 6.84. The van der Waals surface area contributed by atoms with E-state index in [-0.39, 0.29) is 25.5 Å². The van der Waals surface area contributed by atoms with Crippen molar-refractivity contribution < 1.29 is 31.1 Å². The van der Waals surface area contributed by atoms with Gasteiger partial charge in [-0.3, -0.25) is 14.6 Å². The van der Waals surface area contributed by atoms with Gasteiger partial charge in [-0.2, -0.15) is 31.4 Å². The van der Waals surface area contributed by atoms with Crippen molar-refractivity contribution in [2.45, 2.75) is 31.7 Å². The molecule has 0 aliphatic rings. The summed E-state index contributed by atoms with van der Waals surface area (Å²) in [7, 11) is 0. The first-order valence-electron chi connectivity index (χ1n) is 9.51. The molecule has 1 amide bonds. The van der Waals surface area contributed by atoms with Gasteiger partial charge in [0.15, 0.2) is 0 Å². The van der Waals surface area contributed by atoms with E-state index in [0.29, 0.717) is 23.4 Å². The molecule has 0 saturated carbocycles. The number of hydrogen-bond acceptors (Lipinski definition) is 4. The van der Waals surface area contributed by atoms with Crippen molar-refractivity contribution in [1.29, 1.82) is 0 Å². The molecular formula is C21H16F6N4O2. The summed E-state index contributed by atoms with van der Waals surface area (Å²) in [6.07, 6.45) is -7.11. The number of amides is 1. The Balaban J connectivity index is 1.67. The maximum atomic E-state index is 12.9. The molecule has 6 nitrogen and oxygen atoms in total. The van der Waals surface area contributed by atoms with Crippen LogP contribution in [0.2, 0.25) is 0 Å². The number of benzene rings is 1. The minimum atomic E-state index is -5.02. The summed E-state index contributed by atoms with van der Waals surface area (Å²) in [4.78, 5) is 28.1. The van der Waals surface area contributed by atoms with Gasteiger partial charge in [-0.05, 0) is 42.8 Å². The first-order chi connectivity index (χ1) is 15.4. The van der Waals surface area contributed by atoms with E-state index >= 15 is 0 Å². The molecule has 0 unspecified atom stereocenters. The van der Waals surface area contributed by atoms with Crippen molar-refractivity contribution in [3.8, 4) is 11.3 Å². The molecule has 33 heavy (non-hydrogen) atoms. The van der Waals surface area contributed by atoms with Gasteiger partial charge in [0.05, 0.1) is 16.8 Å². The van der Waals surface area contributed by atoms with Crippen LogP contribution in [0.5, 0.6) is 0 Å². The highest BCUT2D eigenvalue weighted by atomic mass is 19.4. The quantitative estimate of drug-likeness (QED) is 0.527. The minimum Gasteiger partial charge on any atom is -0.326 e. The van der Waals surface area contributed by atoms with Crippen LogP contribution in [0.3, 0.4) is 0 Å². The Morgan fingerprint density at radius 2 is 1.64 bits per heavy atom. The maximum absolute atomic E-state index is 12.9. The Morgan fingerprint density at radius 3 is 2.21 bits per heavy atom. The molecule has 0 bridgehead atoms. The summed E-state index contributed by atoms with van der Waals surface area (Å²) in [6.45, 7) is 0.0107. The lowest BCUT2D eigenvalue weighted by Gasteiger charge is -2.15. The highest BCUT2D eigenvalue weighted by Gasteiger charge is 2.37. The second-order valence-corrected chi connectivity index (χ2v) is 6.97. The largest absolute Gasteiger partial charge is 0.416 e. The van der Waals surface area contributed by atoms with Crippen LogP contribution in [0.4, 0.5) is 32.0 Å². The molecule has 3 rings (SSSR count). The van der Waals surface area contributed by atoms with Gasteiger partial charge in [-0.1, -0.05) is 0 Å². The average molecular weight is 470 g/mol. The maximum Gasteiger partial charge on any atom is 0.416 e. The second kappa shape index (κ2) is 9.43. The molecule has 1 N–H and O–H groups in total. The Labute approximate surface area is 182 Å². The van der Waals surface area contributed by atoms with Crippen LogP contribution in [-0.4, -0.2) is 20.7 Å². The summed E-state index contributed by atoms with van der Waals surface area (Å²) in [5.74, 6) is -0.807. The van der Waals surface area contributed by atoms with Crippen LogP contribution in [0, 0.1) is 0 Å². The van der Waals surface area contributed by atoms with Gasteiger partial charge in [-0.15, -0.1) is 0 Å². The number of halogens is 6. The van der Waals surface area contributed by atoms with Gasteiger partial charge in [-0.25, -0.2) is 4.68 Å². The number of nitrogens with zero attached hydrogens (tertiary/aromatic N) is 3. The van der Waals surface area contributed by atoms with Crippen molar-refractivity contribution in [3.05, 3.63) is 76.3 Å². The molecule has 12 heteroatoms. The Bertz CT molecular complexity index is 1160. The van der Waals surface area contributed by atoms with Crippen molar-refractivity contribution >= 4 is 11.6 Å². The summed E-state index contributed by atoms with van der Waals surface area (Å²) in [6, 6.07) is 7.05. The molecule has 3 aromatic rings. The standard InChI is InChI=1S/C21H16F6N4O2/c22-20(23,24)14-9-15(21(25,26)27)11-16(10-14)29-18(32)4-2-8-31-19(33)6-5-17(30-31)13-3-1-7-28-12-13/h1,3,5-7,9-12H,2,4,8H2,(H,29,32). The van der Waals surface area contributed by atoms with Gasteiger partial charge in [0, 0.05) is 42.7 Å². The van der Waals surface area contributed by atoms with Crippen molar-refractivity contribution in [2.24, 2.45) is 0 Å². The number of pyridine rings is 1. The fourth-order valence-electron chi connectivity index (χ4n) is 2.92. The number of hydrogen-bond donors (Lipinski definition) is 1. The number of alkyl halides is 6. The number of carbonyl (C=O) groups excluding carboxylic acids is 1. The molecule has 2 aromatic heterocycles. The van der Waals surface area contributed by atoms with Gasteiger partial charge in [0.2, 0.25) is 5.91 Å². The van der Waals surface area contributed by atoms with Crippen LogP contribution in [-0.2, 0) is 23.7 Å². The zero-order valence-electron chi connectivity index (χ0n) is 16.7. The first-order valence-corrected chi connectivity index (χ1v) is 9.51. The third-order valence-electron chi connectivity index (χ3n) is 4.47. The van der Waals surface area contributed by atoms with E-state index in [1.54, 1.807) is 24.5 Å². The average Bonchev–Trinajstić information content (AvgIpc) is 2.74. The number of nitrogens with one attached hydrogen (secondary N) is 1. The first kappa shape index (κ1) is 24.0. The second-order valence-electron chi connectivity index (χ2n) is 6.97. The van der Waals surface area contributed by atoms with E-state index in [2.05, 4.69) is 15.4 Å². The van der Waals surface area contributed by atoms with E-state index in [9.17, 15) is 35.9 Å². The predicted octanol–water partition coefficient (Wildman–Crippen LogP) is 4.76. The van der Waals surface area contributed by atoms with E-state index in [0.717, 1.165) is 4.68 Å². The fraction of sp³-hybridized carbons (Fsp3) is 0.238. The molecular weight excluding hydrogens is 454 g/mol. The van der Waals surface area contributed by atoms with E-state index in [1.807, 2.05) is 0 Å². The summed E-state index contributed by atoms with van der Waals surface area (Å²) in [5.41, 5.74) is -3.00. The zero-order chi connectivity index (χ0) is 24.2. The topological polar surface area (TPSA) is 76.9 Å². The number of rotatable bonds is 6. The number of aromatic nitrogens is 3. The highest BCUT2D eigenvalue weighted by Crippen LogP contribution is 2.37. The van der Waals surface area contributed by atoms with Crippen LogP contribution >= 0.6 is 0 Å². The highest BCUT2D eigenvalue weighted by molar-refractivity contribution is 5.90. The van der Waals surface area contributed by atoms with Crippen LogP contribution < -0.4 is 10.9 Å². The Morgan fingerprint density at radius 1 is 0.970 bits per heavy atom. The molecule has 0 spiro atoms. The number of anilines is 1.